The Kier molecular flexibility index (Phi) is 6.09. The van der Waals surface area contributed by atoms with Crippen molar-refractivity contribution >= 4 is 17.5 Å². The zero-order chi connectivity index (χ0) is 15.9. The van der Waals surface area contributed by atoms with Gasteiger partial charge in [-0.15, -0.1) is 0 Å². The summed E-state index contributed by atoms with van der Waals surface area (Å²) in [4.78, 5) is 11.6. The predicted octanol–water partition coefficient (Wildman–Crippen LogP) is 3.92. The van der Waals surface area contributed by atoms with Crippen LogP contribution in [-0.2, 0) is 4.74 Å². The van der Waals surface area contributed by atoms with Gasteiger partial charge in [0.25, 0.3) is 0 Å². The summed E-state index contributed by atoms with van der Waals surface area (Å²) in [5.74, 6) is 0.754. The van der Waals surface area contributed by atoms with Crippen LogP contribution in [-0.4, -0.2) is 18.2 Å². The second-order valence-electron chi connectivity index (χ2n) is 5.73. The molecular formula is C16H25N3O2. The molecule has 0 spiro atoms. The number of hydrogen-bond donors (Lipinski definition) is 3. The van der Waals surface area contributed by atoms with Gasteiger partial charge < -0.3 is 15.4 Å². The molecule has 0 aromatic heterocycles. The van der Waals surface area contributed by atoms with E-state index >= 15 is 0 Å². The van der Waals surface area contributed by atoms with Gasteiger partial charge in [0.15, 0.2) is 0 Å². The third-order valence-electron chi connectivity index (χ3n) is 2.41. The maximum atomic E-state index is 11.6. The summed E-state index contributed by atoms with van der Waals surface area (Å²) in [6, 6.07) is 7.34. The summed E-state index contributed by atoms with van der Waals surface area (Å²) in [5, 5.41) is 8.99. The van der Waals surface area contributed by atoms with Crippen LogP contribution in [0.4, 0.5) is 16.2 Å². The van der Waals surface area contributed by atoms with E-state index in [1.165, 1.54) is 0 Å². The lowest BCUT2D eigenvalue weighted by Crippen LogP contribution is -2.27. The largest absolute Gasteiger partial charge is 0.444 e. The molecule has 0 aliphatic carbocycles. The van der Waals surface area contributed by atoms with Crippen molar-refractivity contribution < 1.29 is 9.53 Å². The summed E-state index contributed by atoms with van der Waals surface area (Å²) in [7, 11) is 0. The van der Waals surface area contributed by atoms with Gasteiger partial charge in [0.2, 0.25) is 0 Å². The zero-order valence-electron chi connectivity index (χ0n) is 13.2. The maximum absolute atomic E-state index is 11.6. The topological polar surface area (TPSA) is 62.4 Å². The number of anilines is 2. The Labute approximate surface area is 126 Å². The Hall–Kier alpha value is -2.17. The third kappa shape index (κ3) is 7.25. The highest BCUT2D eigenvalue weighted by molar-refractivity contribution is 5.85. The Balaban J connectivity index is 2.50. The minimum atomic E-state index is -0.506. The first kappa shape index (κ1) is 16.9. The summed E-state index contributed by atoms with van der Waals surface area (Å²) in [6.07, 6.45) is 0.580. The van der Waals surface area contributed by atoms with Crippen LogP contribution in [0.2, 0.25) is 0 Å². The lowest BCUT2D eigenvalue weighted by atomic mass is 10.2. The molecule has 116 valence electrons. The van der Waals surface area contributed by atoms with E-state index in [-0.39, 0.29) is 0 Å². The molecule has 0 atom stereocenters. The molecule has 0 fully saturated rings. The Morgan fingerprint density at radius 1 is 1.14 bits per heavy atom. The highest BCUT2D eigenvalue weighted by atomic mass is 16.6. The van der Waals surface area contributed by atoms with Crippen LogP contribution in [0.1, 0.15) is 34.1 Å². The van der Waals surface area contributed by atoms with Gasteiger partial charge in [-0.1, -0.05) is 13.5 Å². The van der Waals surface area contributed by atoms with E-state index in [1.807, 2.05) is 32.9 Å². The Morgan fingerprint density at radius 3 is 2.14 bits per heavy atom. The molecule has 1 rings (SSSR count). The highest BCUT2D eigenvalue weighted by Gasteiger charge is 2.15. The van der Waals surface area contributed by atoms with Crippen LogP contribution in [0.25, 0.3) is 0 Å². The number of rotatable bonds is 6. The second-order valence-corrected chi connectivity index (χ2v) is 5.73. The minimum Gasteiger partial charge on any atom is -0.444 e. The van der Waals surface area contributed by atoms with Crippen molar-refractivity contribution in [1.82, 2.24) is 5.32 Å². The number of carbonyl (C=O) groups excluding carboxylic acids is 1. The average Bonchev–Trinajstić information content (AvgIpc) is 2.36. The number of nitrogens with one attached hydrogen (secondary N) is 3. The van der Waals surface area contributed by atoms with E-state index in [2.05, 4.69) is 29.5 Å². The molecule has 0 saturated heterocycles. The van der Waals surface area contributed by atoms with Crippen LogP contribution in [0.5, 0.6) is 0 Å². The highest BCUT2D eigenvalue weighted by Crippen LogP contribution is 2.16. The van der Waals surface area contributed by atoms with Crippen molar-refractivity contribution in [2.75, 3.05) is 17.2 Å². The minimum absolute atomic E-state index is 0.461. The van der Waals surface area contributed by atoms with Crippen LogP contribution in [0.15, 0.2) is 36.7 Å². The summed E-state index contributed by atoms with van der Waals surface area (Å²) in [5.41, 5.74) is 1.08. The van der Waals surface area contributed by atoms with Gasteiger partial charge >= 0.3 is 6.09 Å². The number of carbonyl (C=O) groups is 1. The first-order chi connectivity index (χ1) is 9.80. The lowest BCUT2D eigenvalue weighted by Gasteiger charge is -2.19. The fourth-order valence-corrected chi connectivity index (χ4v) is 1.55. The van der Waals surface area contributed by atoms with E-state index in [0.717, 1.165) is 24.5 Å². The number of amides is 1. The molecule has 5 heteroatoms. The molecule has 5 nitrogen and oxygen atoms in total. The van der Waals surface area contributed by atoms with Gasteiger partial charge in [0, 0.05) is 17.9 Å². The normalized spacial score (nSPS) is 10.7. The standard InChI is InChI=1S/C16H25N3O2/c1-6-11-17-12(2)18-13-7-9-14(10-8-13)19-15(20)21-16(3,4)5/h7-10,17-18H,2,6,11H2,1,3-5H3,(H,19,20). The van der Waals surface area contributed by atoms with Gasteiger partial charge in [-0.05, 0) is 51.5 Å². The monoisotopic (exact) mass is 291 g/mol. The third-order valence-corrected chi connectivity index (χ3v) is 2.41. The Bertz CT molecular complexity index is 475. The molecule has 3 N–H and O–H groups in total. The first-order valence-electron chi connectivity index (χ1n) is 7.10. The molecule has 1 amide bonds. The maximum Gasteiger partial charge on any atom is 0.412 e. The van der Waals surface area contributed by atoms with Gasteiger partial charge in [0.05, 0.1) is 5.82 Å². The number of benzene rings is 1. The van der Waals surface area contributed by atoms with Gasteiger partial charge in [0.1, 0.15) is 5.60 Å². The predicted molar refractivity (Wildman–Crippen MR) is 87.4 cm³/mol. The second kappa shape index (κ2) is 7.57. The smallest absolute Gasteiger partial charge is 0.412 e. The molecule has 0 heterocycles. The van der Waals surface area contributed by atoms with Crippen molar-refractivity contribution in [3.05, 3.63) is 36.7 Å². The first-order valence-corrected chi connectivity index (χ1v) is 7.10. The van der Waals surface area contributed by atoms with Crippen molar-refractivity contribution in [3.63, 3.8) is 0 Å². The molecule has 0 saturated carbocycles. The molecule has 0 radical (unpaired) electrons. The van der Waals surface area contributed by atoms with Crippen LogP contribution in [0.3, 0.4) is 0 Å². The van der Waals surface area contributed by atoms with E-state index < -0.39 is 11.7 Å². The van der Waals surface area contributed by atoms with Gasteiger partial charge in [-0.25, -0.2) is 4.79 Å². The SMILES string of the molecule is C=C(NCCC)Nc1ccc(NC(=O)OC(C)(C)C)cc1. The molecule has 1 aromatic rings. The summed E-state index contributed by atoms with van der Waals surface area (Å²) >= 11 is 0. The Morgan fingerprint density at radius 2 is 1.67 bits per heavy atom. The van der Waals surface area contributed by atoms with E-state index in [1.54, 1.807) is 12.1 Å². The van der Waals surface area contributed by atoms with E-state index in [4.69, 9.17) is 4.74 Å². The zero-order valence-corrected chi connectivity index (χ0v) is 13.2. The molecule has 0 aliphatic heterocycles. The molecule has 21 heavy (non-hydrogen) atoms. The molecule has 0 unspecified atom stereocenters. The fraction of sp³-hybridized carbons (Fsp3) is 0.438. The fourth-order valence-electron chi connectivity index (χ4n) is 1.55. The summed E-state index contributed by atoms with van der Waals surface area (Å²) < 4.78 is 5.19. The van der Waals surface area contributed by atoms with E-state index in [0.29, 0.717) is 5.69 Å². The number of ether oxygens (including phenoxy) is 1. The van der Waals surface area contributed by atoms with Crippen molar-refractivity contribution in [1.29, 1.82) is 0 Å². The summed E-state index contributed by atoms with van der Waals surface area (Å²) in [6.45, 7) is 12.3. The molecule has 0 aliphatic rings. The lowest BCUT2D eigenvalue weighted by molar-refractivity contribution is 0.0636. The van der Waals surface area contributed by atoms with Crippen molar-refractivity contribution in [3.8, 4) is 0 Å². The average molecular weight is 291 g/mol. The van der Waals surface area contributed by atoms with Gasteiger partial charge in [-0.3, -0.25) is 5.32 Å². The quantitative estimate of drug-likeness (QED) is 0.743. The molecule has 0 bridgehead atoms. The van der Waals surface area contributed by atoms with E-state index in [9.17, 15) is 4.79 Å². The van der Waals surface area contributed by atoms with Crippen molar-refractivity contribution in [2.45, 2.75) is 39.7 Å². The molecule has 1 aromatic carbocycles. The number of hydrogen-bond acceptors (Lipinski definition) is 4. The molecular weight excluding hydrogens is 266 g/mol. The van der Waals surface area contributed by atoms with Crippen molar-refractivity contribution in [2.24, 2.45) is 0 Å². The van der Waals surface area contributed by atoms with Crippen LogP contribution in [0, 0.1) is 0 Å². The van der Waals surface area contributed by atoms with Gasteiger partial charge in [-0.2, -0.15) is 0 Å². The van der Waals surface area contributed by atoms with Crippen LogP contribution < -0.4 is 16.0 Å². The van der Waals surface area contributed by atoms with Crippen LogP contribution >= 0.6 is 0 Å².